The van der Waals surface area contributed by atoms with Crippen LogP contribution in [-0.4, -0.2) is 61.6 Å². The van der Waals surface area contributed by atoms with Crippen molar-refractivity contribution >= 4 is 23.5 Å². The topological polar surface area (TPSA) is 76.2 Å². The second-order valence-corrected chi connectivity index (χ2v) is 6.68. The first kappa shape index (κ1) is 20.9. The van der Waals surface area contributed by atoms with Crippen LogP contribution in [0, 0.1) is 0 Å². The number of para-hydroxylation sites is 1. The number of anilines is 1. The first-order valence-corrected chi connectivity index (χ1v) is 9.19. The van der Waals surface area contributed by atoms with Crippen molar-refractivity contribution in [2.45, 2.75) is 44.7 Å². The number of nitrogens with zero attached hydrogens (tertiary/aromatic N) is 2. The summed E-state index contributed by atoms with van der Waals surface area (Å²) in [5.41, 5.74) is -0.417. The Balaban J connectivity index is 2.38. The second-order valence-electron chi connectivity index (χ2n) is 6.68. The average Bonchev–Trinajstić information content (AvgIpc) is 2.73. The number of piperidine rings is 1. The normalized spacial score (nSPS) is 17.6. The molecule has 1 unspecified atom stereocenters. The monoisotopic (exact) mass is 376 g/mol. The summed E-state index contributed by atoms with van der Waals surface area (Å²) in [7, 11) is 2.70. The first-order chi connectivity index (χ1) is 12.9. The lowest BCUT2D eigenvalue weighted by atomic mass is 9.84. The fraction of sp³-hybridized carbons (Fsp3) is 0.550. The van der Waals surface area contributed by atoms with E-state index in [0.29, 0.717) is 31.6 Å². The number of likely N-dealkylation sites (tertiary alicyclic amines) is 1. The zero-order chi connectivity index (χ0) is 20.0. The molecular weight excluding hydrogens is 348 g/mol. The minimum absolute atomic E-state index is 0.138. The highest BCUT2D eigenvalue weighted by atomic mass is 16.5. The molecule has 0 spiro atoms. The Morgan fingerprint density at radius 1 is 1.11 bits per heavy atom. The number of hydrogen-bond acceptors (Lipinski definition) is 6. The summed E-state index contributed by atoms with van der Waals surface area (Å²) in [4.78, 5) is 41.1. The molecule has 148 valence electrons. The zero-order valence-corrected chi connectivity index (χ0v) is 16.4. The highest BCUT2D eigenvalue weighted by Gasteiger charge is 2.50. The van der Waals surface area contributed by atoms with Crippen molar-refractivity contribution in [1.29, 1.82) is 0 Å². The summed E-state index contributed by atoms with van der Waals surface area (Å²) < 4.78 is 9.93. The summed E-state index contributed by atoms with van der Waals surface area (Å²) in [5.74, 6) is -0.885. The van der Waals surface area contributed by atoms with Gasteiger partial charge in [0.05, 0.1) is 14.2 Å². The van der Waals surface area contributed by atoms with E-state index in [4.69, 9.17) is 9.47 Å². The van der Waals surface area contributed by atoms with Crippen molar-refractivity contribution in [1.82, 2.24) is 4.90 Å². The van der Waals surface area contributed by atoms with Gasteiger partial charge in [-0.05, 0) is 31.9 Å². The van der Waals surface area contributed by atoms with Crippen LogP contribution in [0.1, 0.15) is 33.1 Å². The van der Waals surface area contributed by atoms with Crippen LogP contribution >= 0.6 is 0 Å². The zero-order valence-electron chi connectivity index (χ0n) is 16.4. The van der Waals surface area contributed by atoms with Gasteiger partial charge < -0.3 is 9.47 Å². The van der Waals surface area contributed by atoms with E-state index in [1.807, 2.05) is 35.2 Å². The first-order valence-electron chi connectivity index (χ1n) is 9.19. The fourth-order valence-electron chi connectivity index (χ4n) is 3.67. The van der Waals surface area contributed by atoms with E-state index in [0.717, 1.165) is 0 Å². The van der Waals surface area contributed by atoms with E-state index < -0.39 is 17.6 Å². The molecule has 7 heteroatoms. The Bertz CT molecular complexity index is 668. The van der Waals surface area contributed by atoms with E-state index in [9.17, 15) is 14.4 Å². The Hall–Kier alpha value is -2.41. The number of carbonyl (C=O) groups is 3. The molecule has 1 heterocycles. The Morgan fingerprint density at radius 2 is 1.70 bits per heavy atom. The van der Waals surface area contributed by atoms with Crippen molar-refractivity contribution in [3.63, 3.8) is 0 Å². The molecule has 1 fully saturated rings. The van der Waals surface area contributed by atoms with Gasteiger partial charge in [-0.1, -0.05) is 25.1 Å². The third-order valence-corrected chi connectivity index (χ3v) is 5.27. The van der Waals surface area contributed by atoms with Gasteiger partial charge in [-0.15, -0.1) is 0 Å². The van der Waals surface area contributed by atoms with Gasteiger partial charge in [-0.3, -0.25) is 19.4 Å². The molecule has 7 nitrogen and oxygen atoms in total. The molecule has 0 bridgehead atoms. The largest absolute Gasteiger partial charge is 0.468 e. The van der Waals surface area contributed by atoms with Gasteiger partial charge >= 0.3 is 11.9 Å². The molecule has 0 aliphatic carbocycles. The van der Waals surface area contributed by atoms with Crippen molar-refractivity contribution < 1.29 is 23.9 Å². The number of hydrogen-bond donors (Lipinski definition) is 0. The fourth-order valence-corrected chi connectivity index (χ4v) is 3.67. The maximum Gasteiger partial charge on any atom is 0.332 e. The van der Waals surface area contributed by atoms with Crippen LogP contribution in [0.2, 0.25) is 0 Å². The molecule has 0 aromatic heterocycles. The average molecular weight is 376 g/mol. The number of amides is 1. The highest BCUT2D eigenvalue weighted by Crippen LogP contribution is 2.35. The van der Waals surface area contributed by atoms with Gasteiger partial charge in [0.15, 0.2) is 0 Å². The molecule has 1 saturated heterocycles. The summed E-state index contributed by atoms with van der Waals surface area (Å²) in [6, 6.07) is 8.78. The molecule has 1 aliphatic heterocycles. The van der Waals surface area contributed by atoms with E-state index in [-0.39, 0.29) is 18.3 Å². The lowest BCUT2D eigenvalue weighted by molar-refractivity contribution is -0.152. The third-order valence-electron chi connectivity index (χ3n) is 5.27. The van der Waals surface area contributed by atoms with Crippen molar-refractivity contribution in [3.8, 4) is 0 Å². The number of carbonyl (C=O) groups excluding carboxylic acids is 3. The Labute approximate surface area is 160 Å². The lowest BCUT2D eigenvalue weighted by Crippen LogP contribution is -2.63. The van der Waals surface area contributed by atoms with E-state index >= 15 is 0 Å². The maximum atomic E-state index is 12.9. The van der Waals surface area contributed by atoms with Crippen LogP contribution in [0.4, 0.5) is 5.69 Å². The van der Waals surface area contributed by atoms with Crippen LogP contribution in [0.3, 0.4) is 0 Å². The van der Waals surface area contributed by atoms with E-state index in [1.165, 1.54) is 14.2 Å². The second kappa shape index (κ2) is 8.99. The van der Waals surface area contributed by atoms with Gasteiger partial charge in [-0.2, -0.15) is 0 Å². The molecule has 27 heavy (non-hydrogen) atoms. The van der Waals surface area contributed by atoms with Gasteiger partial charge in [0, 0.05) is 25.2 Å². The van der Waals surface area contributed by atoms with Crippen molar-refractivity contribution in [2.24, 2.45) is 0 Å². The van der Waals surface area contributed by atoms with Crippen LogP contribution < -0.4 is 4.90 Å². The van der Waals surface area contributed by atoms with Gasteiger partial charge in [0.1, 0.15) is 11.6 Å². The van der Waals surface area contributed by atoms with Gasteiger partial charge in [-0.25, -0.2) is 4.79 Å². The predicted molar refractivity (Wildman–Crippen MR) is 101 cm³/mol. The number of esters is 2. The van der Waals surface area contributed by atoms with Crippen molar-refractivity contribution in [3.05, 3.63) is 30.3 Å². The summed E-state index contributed by atoms with van der Waals surface area (Å²) >= 11 is 0. The minimum atomic E-state index is -1.09. The number of methoxy groups -OCH3 is 2. The molecule has 0 saturated carbocycles. The molecule has 0 radical (unpaired) electrons. The number of benzene rings is 1. The van der Waals surface area contributed by atoms with Crippen LogP contribution in [0.25, 0.3) is 0 Å². The summed E-state index contributed by atoms with van der Waals surface area (Å²) in [6.07, 6.45) is 1.03. The summed E-state index contributed by atoms with van der Waals surface area (Å²) in [5, 5.41) is 0. The molecule has 1 amide bonds. The SMILES string of the molecule is CCC(=O)N(c1ccccc1)C1(C(=O)OC)CCN(C(C)C(=O)OC)CC1. The summed E-state index contributed by atoms with van der Waals surface area (Å²) in [6.45, 7) is 4.51. The Morgan fingerprint density at radius 3 is 2.19 bits per heavy atom. The van der Waals surface area contributed by atoms with E-state index in [1.54, 1.807) is 18.7 Å². The molecule has 1 aromatic rings. The lowest BCUT2D eigenvalue weighted by Gasteiger charge is -2.47. The molecular formula is C20H28N2O5. The maximum absolute atomic E-state index is 12.9. The molecule has 0 N–H and O–H groups in total. The standard InChI is InChI=1S/C20H28N2O5/c1-5-17(23)22(16-9-7-6-8-10-16)20(19(25)27-4)11-13-21(14-12-20)15(2)18(24)26-3/h6-10,15H,5,11-14H2,1-4H3. The van der Waals surface area contributed by atoms with Gasteiger partial charge in [0.2, 0.25) is 5.91 Å². The Kier molecular flexibility index (Phi) is 6.96. The molecule has 1 aromatic carbocycles. The molecule has 1 aliphatic rings. The predicted octanol–water partition coefficient (Wildman–Crippen LogP) is 2.00. The van der Waals surface area contributed by atoms with Crippen LogP contribution in [0.15, 0.2) is 30.3 Å². The van der Waals surface area contributed by atoms with E-state index in [2.05, 4.69) is 0 Å². The van der Waals surface area contributed by atoms with Crippen LogP contribution in [-0.2, 0) is 23.9 Å². The molecule has 2 rings (SSSR count). The highest BCUT2D eigenvalue weighted by molar-refractivity contribution is 6.02. The van der Waals surface area contributed by atoms with Crippen molar-refractivity contribution in [2.75, 3.05) is 32.2 Å². The van der Waals surface area contributed by atoms with Gasteiger partial charge in [0.25, 0.3) is 0 Å². The number of ether oxygens (including phenoxy) is 2. The van der Waals surface area contributed by atoms with Crippen LogP contribution in [0.5, 0.6) is 0 Å². The minimum Gasteiger partial charge on any atom is -0.468 e. The molecule has 1 atom stereocenters. The third kappa shape index (κ3) is 4.13. The smallest absolute Gasteiger partial charge is 0.332 e. The quantitative estimate of drug-likeness (QED) is 0.707. The number of rotatable bonds is 6.